The lowest BCUT2D eigenvalue weighted by molar-refractivity contribution is -0.127. The first-order chi connectivity index (χ1) is 9.54. The molecular formula is C15H21BrN2O2. The van der Waals surface area contributed by atoms with Gasteiger partial charge in [-0.25, -0.2) is 0 Å². The number of benzene rings is 1. The van der Waals surface area contributed by atoms with Crippen LogP contribution >= 0.6 is 15.9 Å². The Bertz CT molecular complexity index is 450. The van der Waals surface area contributed by atoms with Crippen LogP contribution in [-0.4, -0.2) is 43.6 Å². The lowest BCUT2D eigenvalue weighted by atomic mass is 10.1. The predicted octanol–water partition coefficient (Wildman–Crippen LogP) is 2.28. The second kappa shape index (κ2) is 7.09. The van der Waals surface area contributed by atoms with E-state index in [4.69, 9.17) is 4.74 Å². The van der Waals surface area contributed by atoms with Crippen LogP contribution in [0.2, 0.25) is 0 Å². The molecule has 1 N–H and O–H groups in total. The van der Waals surface area contributed by atoms with Crippen LogP contribution in [0.1, 0.15) is 13.3 Å². The molecule has 5 heteroatoms. The van der Waals surface area contributed by atoms with Gasteiger partial charge in [0.25, 0.3) is 5.91 Å². The van der Waals surface area contributed by atoms with E-state index in [1.165, 1.54) is 0 Å². The van der Waals surface area contributed by atoms with Crippen molar-refractivity contribution in [1.29, 1.82) is 0 Å². The van der Waals surface area contributed by atoms with Gasteiger partial charge in [-0.15, -0.1) is 0 Å². The Morgan fingerprint density at radius 3 is 2.80 bits per heavy atom. The second-order valence-electron chi connectivity index (χ2n) is 5.38. The number of hydrogen-bond acceptors (Lipinski definition) is 3. The molecule has 1 amide bonds. The Labute approximate surface area is 128 Å². The van der Waals surface area contributed by atoms with Crippen molar-refractivity contribution >= 4 is 21.8 Å². The maximum Gasteiger partial charge on any atom is 0.260 e. The van der Waals surface area contributed by atoms with Crippen molar-refractivity contribution < 1.29 is 9.53 Å². The number of nitrogens with one attached hydrogen (secondary N) is 1. The predicted molar refractivity (Wildman–Crippen MR) is 82.8 cm³/mol. The third kappa shape index (κ3) is 4.49. The minimum Gasteiger partial charge on any atom is -0.481 e. The zero-order valence-electron chi connectivity index (χ0n) is 11.9. The van der Waals surface area contributed by atoms with E-state index in [9.17, 15) is 4.79 Å². The van der Waals surface area contributed by atoms with Crippen LogP contribution < -0.4 is 10.1 Å². The Morgan fingerprint density at radius 1 is 1.50 bits per heavy atom. The standard InChI is InChI=1S/C15H21BrN2O2/c1-11(20-14-5-3-13(16)4-6-14)15(19)17-9-12-7-8-18(2)10-12/h3-6,11-12H,7-10H2,1-2H3,(H,17,19)/t11-,12-/m0/s1. The summed E-state index contributed by atoms with van der Waals surface area (Å²) in [4.78, 5) is 14.3. The molecule has 1 heterocycles. The minimum atomic E-state index is -0.477. The van der Waals surface area contributed by atoms with E-state index < -0.39 is 6.10 Å². The number of halogens is 1. The zero-order chi connectivity index (χ0) is 14.5. The molecule has 0 bridgehead atoms. The Kier molecular flexibility index (Phi) is 5.43. The summed E-state index contributed by atoms with van der Waals surface area (Å²) < 4.78 is 6.62. The van der Waals surface area contributed by atoms with Gasteiger partial charge in [-0.3, -0.25) is 4.79 Å². The van der Waals surface area contributed by atoms with Crippen molar-refractivity contribution in [3.8, 4) is 5.75 Å². The third-order valence-electron chi connectivity index (χ3n) is 3.55. The molecule has 110 valence electrons. The van der Waals surface area contributed by atoms with Crippen LogP contribution in [0, 0.1) is 5.92 Å². The van der Waals surface area contributed by atoms with Crippen molar-refractivity contribution in [1.82, 2.24) is 10.2 Å². The van der Waals surface area contributed by atoms with Crippen molar-refractivity contribution in [3.63, 3.8) is 0 Å². The van der Waals surface area contributed by atoms with Crippen LogP contribution in [0.3, 0.4) is 0 Å². The molecule has 0 unspecified atom stereocenters. The summed E-state index contributed by atoms with van der Waals surface area (Å²) in [5.41, 5.74) is 0. The molecule has 20 heavy (non-hydrogen) atoms. The van der Waals surface area contributed by atoms with Crippen molar-refractivity contribution in [3.05, 3.63) is 28.7 Å². The number of carbonyl (C=O) groups is 1. The van der Waals surface area contributed by atoms with Gasteiger partial charge in [0, 0.05) is 17.6 Å². The highest BCUT2D eigenvalue weighted by molar-refractivity contribution is 9.10. The first kappa shape index (κ1) is 15.3. The average molecular weight is 341 g/mol. The summed E-state index contributed by atoms with van der Waals surface area (Å²) in [6, 6.07) is 7.49. The lowest BCUT2D eigenvalue weighted by Gasteiger charge is -2.17. The number of nitrogens with zero attached hydrogens (tertiary/aromatic N) is 1. The zero-order valence-corrected chi connectivity index (χ0v) is 13.5. The van der Waals surface area contributed by atoms with E-state index in [1.54, 1.807) is 6.92 Å². The first-order valence-electron chi connectivity index (χ1n) is 6.93. The van der Waals surface area contributed by atoms with Crippen LogP contribution in [0.5, 0.6) is 5.75 Å². The Hall–Kier alpha value is -1.07. The molecule has 4 nitrogen and oxygen atoms in total. The molecule has 1 saturated heterocycles. The molecule has 1 aliphatic rings. The van der Waals surface area contributed by atoms with Gasteiger partial charge in [0.15, 0.2) is 6.10 Å². The molecule has 1 aromatic rings. The number of ether oxygens (including phenoxy) is 1. The molecule has 1 fully saturated rings. The molecule has 1 aliphatic heterocycles. The fraction of sp³-hybridized carbons (Fsp3) is 0.533. The van der Waals surface area contributed by atoms with E-state index in [1.807, 2.05) is 24.3 Å². The van der Waals surface area contributed by atoms with Crippen LogP contribution in [0.25, 0.3) is 0 Å². The molecule has 0 aliphatic carbocycles. The van der Waals surface area contributed by atoms with Crippen LogP contribution in [-0.2, 0) is 4.79 Å². The highest BCUT2D eigenvalue weighted by atomic mass is 79.9. The van der Waals surface area contributed by atoms with E-state index in [2.05, 4.69) is 33.2 Å². The summed E-state index contributed by atoms with van der Waals surface area (Å²) in [6.07, 6.45) is 0.675. The molecule has 0 spiro atoms. The summed E-state index contributed by atoms with van der Waals surface area (Å²) in [5.74, 6) is 1.21. The number of carbonyl (C=O) groups excluding carboxylic acids is 1. The monoisotopic (exact) mass is 340 g/mol. The quantitative estimate of drug-likeness (QED) is 0.894. The van der Waals surface area contributed by atoms with Gasteiger partial charge in [0.2, 0.25) is 0 Å². The van der Waals surface area contributed by atoms with Gasteiger partial charge in [0.1, 0.15) is 5.75 Å². The highest BCUT2D eigenvalue weighted by Gasteiger charge is 2.21. The van der Waals surface area contributed by atoms with Gasteiger partial charge in [-0.2, -0.15) is 0 Å². The Balaban J connectivity index is 1.75. The largest absolute Gasteiger partial charge is 0.481 e. The topological polar surface area (TPSA) is 41.6 Å². The number of rotatable bonds is 5. The average Bonchev–Trinajstić information content (AvgIpc) is 2.84. The number of amides is 1. The molecule has 0 saturated carbocycles. The summed E-state index contributed by atoms with van der Waals surface area (Å²) in [7, 11) is 2.11. The van der Waals surface area contributed by atoms with Gasteiger partial charge in [-0.1, -0.05) is 15.9 Å². The van der Waals surface area contributed by atoms with Crippen LogP contribution in [0.4, 0.5) is 0 Å². The van der Waals surface area contributed by atoms with E-state index in [0.29, 0.717) is 11.7 Å². The fourth-order valence-electron chi connectivity index (χ4n) is 2.35. The van der Waals surface area contributed by atoms with E-state index in [-0.39, 0.29) is 5.91 Å². The van der Waals surface area contributed by atoms with E-state index in [0.717, 1.165) is 30.5 Å². The molecule has 0 radical (unpaired) electrons. The molecule has 2 atom stereocenters. The molecule has 0 aromatic heterocycles. The Morgan fingerprint density at radius 2 is 2.20 bits per heavy atom. The number of likely N-dealkylation sites (tertiary alicyclic amines) is 1. The first-order valence-corrected chi connectivity index (χ1v) is 7.72. The normalized spacial score (nSPS) is 20.6. The number of hydrogen-bond donors (Lipinski definition) is 1. The maximum absolute atomic E-state index is 12.0. The van der Waals surface area contributed by atoms with Gasteiger partial charge in [0.05, 0.1) is 0 Å². The van der Waals surface area contributed by atoms with Gasteiger partial charge < -0.3 is 15.0 Å². The second-order valence-corrected chi connectivity index (χ2v) is 6.29. The summed E-state index contributed by atoms with van der Waals surface area (Å²) in [5, 5.41) is 2.98. The smallest absolute Gasteiger partial charge is 0.260 e. The third-order valence-corrected chi connectivity index (χ3v) is 4.08. The van der Waals surface area contributed by atoms with E-state index >= 15 is 0 Å². The molecular weight excluding hydrogens is 320 g/mol. The fourth-order valence-corrected chi connectivity index (χ4v) is 2.62. The van der Waals surface area contributed by atoms with Crippen LogP contribution in [0.15, 0.2) is 28.7 Å². The molecule has 2 rings (SSSR count). The van der Waals surface area contributed by atoms with Crippen molar-refractivity contribution in [2.24, 2.45) is 5.92 Å². The summed E-state index contributed by atoms with van der Waals surface area (Å²) >= 11 is 3.37. The van der Waals surface area contributed by atoms with Crippen molar-refractivity contribution in [2.45, 2.75) is 19.4 Å². The molecule has 1 aromatic carbocycles. The summed E-state index contributed by atoms with van der Waals surface area (Å²) in [6.45, 7) is 4.68. The lowest BCUT2D eigenvalue weighted by Crippen LogP contribution is -2.39. The minimum absolute atomic E-state index is 0.0533. The van der Waals surface area contributed by atoms with Gasteiger partial charge >= 0.3 is 0 Å². The SMILES string of the molecule is C[C@H](Oc1ccc(Br)cc1)C(=O)NC[C@@H]1CCN(C)C1. The van der Waals surface area contributed by atoms with Crippen molar-refractivity contribution in [2.75, 3.05) is 26.7 Å². The van der Waals surface area contributed by atoms with Gasteiger partial charge in [-0.05, 0) is 57.1 Å². The maximum atomic E-state index is 12.0. The highest BCUT2D eigenvalue weighted by Crippen LogP contribution is 2.17.